The van der Waals surface area contributed by atoms with E-state index in [1.807, 2.05) is 6.92 Å². The Labute approximate surface area is 126 Å². The lowest BCUT2D eigenvalue weighted by molar-refractivity contribution is 0.410. The average molecular weight is 312 g/mol. The molecule has 5 nitrogen and oxygen atoms in total. The SMILES string of the molecule is COc1cc(C)c(S(=O)(=O)NC2CCCC2CN)cc1C. The van der Waals surface area contributed by atoms with E-state index >= 15 is 0 Å². The van der Waals surface area contributed by atoms with Crippen LogP contribution in [0.3, 0.4) is 0 Å². The van der Waals surface area contributed by atoms with Gasteiger partial charge in [-0.15, -0.1) is 0 Å². The van der Waals surface area contributed by atoms with Crippen LogP contribution < -0.4 is 15.2 Å². The molecule has 1 saturated carbocycles. The van der Waals surface area contributed by atoms with Crippen LogP contribution in [0.4, 0.5) is 0 Å². The Kier molecular flexibility index (Phi) is 4.91. The third-order valence-corrected chi connectivity index (χ3v) is 5.88. The quantitative estimate of drug-likeness (QED) is 0.867. The van der Waals surface area contributed by atoms with E-state index in [4.69, 9.17) is 10.5 Å². The van der Waals surface area contributed by atoms with Gasteiger partial charge >= 0.3 is 0 Å². The zero-order valence-electron chi connectivity index (χ0n) is 12.8. The topological polar surface area (TPSA) is 81.4 Å². The number of rotatable bonds is 5. The lowest BCUT2D eigenvalue weighted by Gasteiger charge is -2.20. The van der Waals surface area contributed by atoms with Crippen LogP contribution in [0.2, 0.25) is 0 Å². The first kappa shape index (κ1) is 16.3. The molecule has 0 heterocycles. The number of benzene rings is 1. The van der Waals surface area contributed by atoms with Gasteiger partial charge in [0.15, 0.2) is 0 Å². The Morgan fingerprint density at radius 3 is 2.62 bits per heavy atom. The van der Waals surface area contributed by atoms with E-state index in [-0.39, 0.29) is 12.0 Å². The number of methoxy groups -OCH3 is 1. The van der Waals surface area contributed by atoms with E-state index < -0.39 is 10.0 Å². The summed E-state index contributed by atoms with van der Waals surface area (Å²) in [5, 5.41) is 0. The second kappa shape index (κ2) is 6.34. The third kappa shape index (κ3) is 3.39. The smallest absolute Gasteiger partial charge is 0.241 e. The van der Waals surface area contributed by atoms with Gasteiger partial charge in [-0.2, -0.15) is 0 Å². The Morgan fingerprint density at radius 2 is 2.00 bits per heavy atom. The van der Waals surface area contributed by atoms with E-state index in [1.165, 1.54) is 0 Å². The van der Waals surface area contributed by atoms with Crippen molar-refractivity contribution in [3.05, 3.63) is 23.3 Å². The van der Waals surface area contributed by atoms with E-state index in [9.17, 15) is 8.42 Å². The van der Waals surface area contributed by atoms with Gasteiger partial charge in [-0.25, -0.2) is 13.1 Å². The van der Waals surface area contributed by atoms with Crippen molar-refractivity contribution >= 4 is 10.0 Å². The minimum Gasteiger partial charge on any atom is -0.496 e. The van der Waals surface area contributed by atoms with Crippen LogP contribution in [0.25, 0.3) is 0 Å². The van der Waals surface area contributed by atoms with Crippen LogP contribution in [-0.2, 0) is 10.0 Å². The molecular weight excluding hydrogens is 288 g/mol. The molecule has 0 radical (unpaired) electrons. The van der Waals surface area contributed by atoms with Crippen molar-refractivity contribution in [1.82, 2.24) is 4.72 Å². The van der Waals surface area contributed by atoms with Crippen molar-refractivity contribution in [2.24, 2.45) is 11.7 Å². The summed E-state index contributed by atoms with van der Waals surface area (Å²) in [6.07, 6.45) is 2.87. The number of hydrogen-bond donors (Lipinski definition) is 2. The highest BCUT2D eigenvalue weighted by Crippen LogP contribution is 2.29. The molecule has 1 aromatic rings. The van der Waals surface area contributed by atoms with Crippen LogP contribution in [0.5, 0.6) is 5.75 Å². The van der Waals surface area contributed by atoms with Crippen molar-refractivity contribution in [1.29, 1.82) is 0 Å². The molecule has 6 heteroatoms. The van der Waals surface area contributed by atoms with E-state index in [0.717, 1.165) is 24.8 Å². The zero-order chi connectivity index (χ0) is 15.6. The molecule has 0 bridgehead atoms. The zero-order valence-corrected chi connectivity index (χ0v) is 13.7. The molecule has 2 unspecified atom stereocenters. The molecule has 0 aliphatic heterocycles. The number of hydrogen-bond acceptors (Lipinski definition) is 4. The summed E-state index contributed by atoms with van der Waals surface area (Å²) in [6, 6.07) is 3.38. The van der Waals surface area contributed by atoms with Crippen molar-refractivity contribution < 1.29 is 13.2 Å². The second-order valence-electron chi connectivity index (χ2n) is 5.74. The van der Waals surface area contributed by atoms with Gasteiger partial charge in [-0.05, 0) is 62.4 Å². The predicted octanol–water partition coefficient (Wildman–Crippen LogP) is 1.72. The molecule has 118 valence electrons. The molecule has 2 atom stereocenters. The van der Waals surface area contributed by atoms with Gasteiger partial charge in [0.25, 0.3) is 0 Å². The maximum Gasteiger partial charge on any atom is 0.241 e. The molecule has 0 saturated heterocycles. The third-order valence-electron chi connectivity index (χ3n) is 4.25. The van der Waals surface area contributed by atoms with Gasteiger partial charge in [0.2, 0.25) is 10.0 Å². The van der Waals surface area contributed by atoms with Crippen LogP contribution >= 0.6 is 0 Å². The van der Waals surface area contributed by atoms with E-state index in [2.05, 4.69) is 4.72 Å². The summed E-state index contributed by atoms with van der Waals surface area (Å²) < 4.78 is 33.3. The molecule has 0 amide bonds. The molecule has 1 aliphatic rings. The van der Waals surface area contributed by atoms with Crippen LogP contribution in [-0.4, -0.2) is 28.1 Å². The Balaban J connectivity index is 2.29. The van der Waals surface area contributed by atoms with Gasteiger partial charge in [-0.1, -0.05) is 6.42 Å². The van der Waals surface area contributed by atoms with Gasteiger partial charge in [0.05, 0.1) is 12.0 Å². The van der Waals surface area contributed by atoms with E-state index in [1.54, 1.807) is 26.2 Å². The summed E-state index contributed by atoms with van der Waals surface area (Å²) in [4.78, 5) is 0.323. The molecule has 1 aromatic carbocycles. The highest BCUT2D eigenvalue weighted by atomic mass is 32.2. The maximum absolute atomic E-state index is 12.6. The van der Waals surface area contributed by atoms with Gasteiger partial charge in [0, 0.05) is 6.04 Å². The summed E-state index contributed by atoms with van der Waals surface area (Å²) in [5.74, 6) is 0.937. The fourth-order valence-corrected chi connectivity index (χ4v) is 4.66. The molecule has 0 spiro atoms. The average Bonchev–Trinajstić information content (AvgIpc) is 2.87. The van der Waals surface area contributed by atoms with E-state index in [0.29, 0.717) is 22.8 Å². The minimum atomic E-state index is -3.53. The van der Waals surface area contributed by atoms with Gasteiger partial charge in [0.1, 0.15) is 5.75 Å². The fraction of sp³-hybridized carbons (Fsp3) is 0.600. The monoisotopic (exact) mass is 312 g/mol. The second-order valence-corrected chi connectivity index (χ2v) is 7.42. The largest absolute Gasteiger partial charge is 0.496 e. The maximum atomic E-state index is 12.6. The van der Waals surface area contributed by atoms with Crippen molar-refractivity contribution in [2.45, 2.75) is 44.0 Å². The van der Waals surface area contributed by atoms with Crippen LogP contribution in [0.15, 0.2) is 17.0 Å². The summed E-state index contributed by atoms with van der Waals surface area (Å²) in [6.45, 7) is 4.15. The Hall–Kier alpha value is -1.11. The Morgan fingerprint density at radius 1 is 1.29 bits per heavy atom. The van der Waals surface area contributed by atoms with Gasteiger partial charge < -0.3 is 10.5 Å². The first-order valence-electron chi connectivity index (χ1n) is 7.26. The van der Waals surface area contributed by atoms with Crippen LogP contribution in [0.1, 0.15) is 30.4 Å². The molecule has 2 rings (SSSR count). The standard InChI is InChI=1S/C15H24N2O3S/c1-10-8-15(11(2)7-14(10)20-3)21(18,19)17-13-6-4-5-12(13)9-16/h7-8,12-13,17H,4-6,9,16H2,1-3H3. The first-order chi connectivity index (χ1) is 9.89. The number of aryl methyl sites for hydroxylation is 2. The highest BCUT2D eigenvalue weighted by molar-refractivity contribution is 7.89. The van der Waals surface area contributed by atoms with Crippen LogP contribution in [0, 0.1) is 19.8 Å². The molecule has 21 heavy (non-hydrogen) atoms. The van der Waals surface area contributed by atoms with Gasteiger partial charge in [-0.3, -0.25) is 0 Å². The lowest BCUT2D eigenvalue weighted by atomic mass is 10.1. The summed E-state index contributed by atoms with van der Waals surface area (Å²) in [5.41, 5.74) is 7.22. The molecule has 1 fully saturated rings. The summed E-state index contributed by atoms with van der Waals surface area (Å²) >= 11 is 0. The minimum absolute atomic E-state index is 0.0539. The highest BCUT2D eigenvalue weighted by Gasteiger charge is 2.31. The number of ether oxygens (including phenoxy) is 1. The molecule has 1 aliphatic carbocycles. The first-order valence-corrected chi connectivity index (χ1v) is 8.75. The van der Waals surface area contributed by atoms with Crippen molar-refractivity contribution in [2.75, 3.05) is 13.7 Å². The molecular formula is C15H24N2O3S. The predicted molar refractivity (Wildman–Crippen MR) is 83.0 cm³/mol. The number of nitrogens with two attached hydrogens (primary N) is 1. The van der Waals surface area contributed by atoms with Crippen molar-refractivity contribution in [3.8, 4) is 5.75 Å². The molecule has 3 N–H and O–H groups in total. The Bertz CT molecular complexity index is 614. The molecule has 0 aromatic heterocycles. The number of sulfonamides is 1. The van der Waals surface area contributed by atoms with Crippen molar-refractivity contribution in [3.63, 3.8) is 0 Å². The normalized spacial score (nSPS) is 22.5. The number of nitrogens with one attached hydrogen (secondary N) is 1. The lowest BCUT2D eigenvalue weighted by Crippen LogP contribution is -2.40. The fourth-order valence-electron chi connectivity index (χ4n) is 3.01. The summed E-state index contributed by atoms with van der Waals surface area (Å²) in [7, 11) is -1.94.